The highest BCUT2D eigenvalue weighted by Gasteiger charge is 2.40. The van der Waals surface area contributed by atoms with Crippen LogP contribution in [-0.4, -0.2) is 44.6 Å². The molecule has 200 valence electrons. The molecule has 9 nitrogen and oxygen atoms in total. The number of pyridine rings is 2. The number of thioether (sulfide) groups is 1. The van der Waals surface area contributed by atoms with Gasteiger partial charge in [0.2, 0.25) is 11.8 Å². The first kappa shape index (κ1) is 26.7. The number of thiol groups is 1. The summed E-state index contributed by atoms with van der Waals surface area (Å²) in [5.41, 5.74) is 3.56. The molecule has 0 bridgehead atoms. The van der Waals surface area contributed by atoms with Crippen LogP contribution < -0.4 is 20.9 Å². The molecule has 3 aromatic heterocycles. The molecule has 1 aliphatic carbocycles. The Hall–Kier alpha value is -2.92. The molecule has 3 atom stereocenters. The summed E-state index contributed by atoms with van der Waals surface area (Å²) in [7, 11) is 0. The molecule has 1 aliphatic heterocycles. The van der Waals surface area contributed by atoms with Crippen LogP contribution in [0.25, 0.3) is 16.6 Å². The third-order valence-electron chi connectivity index (χ3n) is 7.11. The summed E-state index contributed by atoms with van der Waals surface area (Å²) in [6.07, 6.45) is 7.16. The van der Waals surface area contributed by atoms with Crippen molar-refractivity contribution in [2.24, 2.45) is 5.92 Å². The van der Waals surface area contributed by atoms with Crippen LogP contribution in [0.3, 0.4) is 0 Å². The number of H-pyrrole nitrogens is 1. The van der Waals surface area contributed by atoms with Crippen molar-refractivity contribution >= 4 is 47.1 Å². The van der Waals surface area contributed by atoms with E-state index in [-0.39, 0.29) is 29.6 Å². The Morgan fingerprint density at radius 3 is 2.71 bits per heavy atom. The number of aromatic nitrogens is 4. The summed E-state index contributed by atoms with van der Waals surface area (Å²) in [4.78, 5) is 51.2. The minimum Gasteiger partial charge on any atom is -0.351 e. The molecule has 4 heterocycles. The first-order valence-corrected chi connectivity index (χ1v) is 14.6. The average Bonchev–Trinajstić information content (AvgIpc) is 3.45. The van der Waals surface area contributed by atoms with Gasteiger partial charge in [0.25, 0.3) is 0 Å². The van der Waals surface area contributed by atoms with Crippen molar-refractivity contribution in [3.63, 3.8) is 0 Å². The van der Waals surface area contributed by atoms with Crippen LogP contribution in [0.2, 0.25) is 0 Å². The molecule has 2 amide bonds. The van der Waals surface area contributed by atoms with Crippen molar-refractivity contribution < 1.29 is 14.2 Å². The van der Waals surface area contributed by atoms with Gasteiger partial charge in [0.15, 0.2) is 16.5 Å². The summed E-state index contributed by atoms with van der Waals surface area (Å²) in [5.74, 6) is 0.711. The van der Waals surface area contributed by atoms with Gasteiger partial charge in [-0.25, -0.2) is 9.97 Å². The fourth-order valence-corrected chi connectivity index (χ4v) is 6.76. The number of nitrogens with zero attached hydrogens (tertiary/aromatic N) is 3. The van der Waals surface area contributed by atoms with Crippen LogP contribution in [0, 0.1) is 12.8 Å². The predicted octanol–water partition coefficient (Wildman–Crippen LogP) is 2.72. The molecule has 0 spiro atoms. The monoisotopic (exact) mass is 553 g/mol. The lowest BCUT2D eigenvalue weighted by Gasteiger charge is -2.23. The van der Waals surface area contributed by atoms with Crippen molar-refractivity contribution in [3.8, 4) is 5.69 Å². The van der Waals surface area contributed by atoms with Crippen molar-refractivity contribution in [2.45, 2.75) is 75.2 Å². The second-order valence-electron chi connectivity index (χ2n) is 10.4. The summed E-state index contributed by atoms with van der Waals surface area (Å²) >= 11 is 5.46. The standard InChI is InChI=1S/C27H32N6O3S2/c1-14(2)11-16-12-15(3)20(13-29-16)33-19-7-9-28-26-22(19)23(32-27(33)36)24(38-26)25(35)31-18-6-4-5-17(18)30-21(34)8-10-37/h7,9,12-14,17-18,24H,4-6,8,10-11H2,1-3H3,(H3,30,31,34,35,37)/p+1/t17-,18+,24?/m0/s1. The normalized spacial score (nSPS) is 20.3. The molecule has 5 rings (SSSR count). The van der Waals surface area contributed by atoms with Crippen molar-refractivity contribution in [2.75, 3.05) is 5.75 Å². The number of hydrogen-bond acceptors (Lipinski definition) is 7. The second-order valence-corrected chi connectivity index (χ2v) is 12.0. The molecule has 1 fully saturated rings. The number of nitrogens with one attached hydrogen (secondary N) is 3. The van der Waals surface area contributed by atoms with Crippen molar-refractivity contribution in [3.05, 3.63) is 52.0 Å². The van der Waals surface area contributed by atoms with Crippen LogP contribution in [0.1, 0.15) is 61.7 Å². The number of hydrogen-bond donors (Lipinski definition) is 4. The van der Waals surface area contributed by atoms with E-state index >= 15 is 0 Å². The molecule has 2 aliphatic rings. The van der Waals surface area contributed by atoms with Gasteiger partial charge in [-0.2, -0.15) is 22.0 Å². The fraction of sp³-hybridized carbons (Fsp3) is 0.481. The molecule has 0 radical (unpaired) electrons. The first-order valence-electron chi connectivity index (χ1n) is 13.1. The smallest absolute Gasteiger partial charge is 0.351 e. The van der Waals surface area contributed by atoms with Gasteiger partial charge in [-0.3, -0.25) is 14.6 Å². The maximum Gasteiger partial charge on any atom is 0.501 e. The first-order chi connectivity index (χ1) is 18.3. The van der Waals surface area contributed by atoms with Crippen molar-refractivity contribution in [1.82, 2.24) is 25.6 Å². The summed E-state index contributed by atoms with van der Waals surface area (Å²) in [5, 5.41) is 7.00. The van der Waals surface area contributed by atoms with Crippen LogP contribution >= 0.6 is 24.4 Å². The van der Waals surface area contributed by atoms with E-state index in [2.05, 4.69) is 52.1 Å². The number of aryl methyl sites for hydroxylation is 1. The molecule has 3 aromatic rings. The lowest BCUT2D eigenvalue weighted by Crippen LogP contribution is -2.51. The van der Waals surface area contributed by atoms with E-state index in [1.807, 2.05) is 19.1 Å². The number of aromatic amines is 1. The number of carbonyl (C=O) groups excluding carboxylic acids is 2. The highest BCUT2D eigenvalue weighted by Crippen LogP contribution is 2.46. The maximum atomic E-state index is 13.5. The summed E-state index contributed by atoms with van der Waals surface area (Å²) in [6.45, 7) is 6.28. The van der Waals surface area contributed by atoms with Crippen LogP contribution in [0.4, 0.5) is 0 Å². The molecule has 0 aromatic carbocycles. The fourth-order valence-electron chi connectivity index (χ4n) is 5.41. The third kappa shape index (κ3) is 5.18. The van der Waals surface area contributed by atoms with Crippen LogP contribution in [0.5, 0.6) is 0 Å². The van der Waals surface area contributed by atoms with E-state index in [1.54, 1.807) is 17.0 Å². The second kappa shape index (κ2) is 11.1. The number of carbonyl (C=O) groups is 2. The van der Waals surface area contributed by atoms with Crippen LogP contribution in [-0.2, 0) is 16.0 Å². The van der Waals surface area contributed by atoms with E-state index in [0.29, 0.717) is 40.0 Å². The van der Waals surface area contributed by atoms with E-state index < -0.39 is 5.25 Å². The number of rotatable bonds is 8. The zero-order chi connectivity index (χ0) is 27.0. The Kier molecular flexibility index (Phi) is 7.76. The van der Waals surface area contributed by atoms with E-state index in [9.17, 15) is 14.4 Å². The minimum absolute atomic E-state index is 0.0568. The zero-order valence-corrected chi connectivity index (χ0v) is 23.5. The summed E-state index contributed by atoms with van der Waals surface area (Å²) in [6, 6.07) is 3.58. The predicted molar refractivity (Wildman–Crippen MR) is 150 cm³/mol. The van der Waals surface area contributed by atoms with E-state index in [0.717, 1.165) is 42.3 Å². The zero-order valence-electron chi connectivity index (χ0n) is 21.8. The highest BCUT2D eigenvalue weighted by molar-refractivity contribution is 8.00. The average molecular weight is 554 g/mol. The lowest BCUT2D eigenvalue weighted by molar-refractivity contribution is -0.588. The lowest BCUT2D eigenvalue weighted by atomic mass is 10.1. The molecular formula is C27H33N6O3S2+. The maximum absolute atomic E-state index is 13.5. The molecule has 3 N–H and O–H groups in total. The Balaban J connectivity index is 1.45. The Morgan fingerprint density at radius 2 is 2.00 bits per heavy atom. The Labute approximate surface area is 231 Å². The Bertz CT molecular complexity index is 1460. The van der Waals surface area contributed by atoms with Gasteiger partial charge in [0.05, 0.1) is 11.6 Å². The quantitative estimate of drug-likeness (QED) is 0.252. The summed E-state index contributed by atoms with van der Waals surface area (Å²) < 4.78 is 1.62. The highest BCUT2D eigenvalue weighted by atomic mass is 32.2. The molecule has 1 saturated carbocycles. The van der Waals surface area contributed by atoms with Gasteiger partial charge in [-0.1, -0.05) is 25.6 Å². The van der Waals surface area contributed by atoms with E-state index in [1.165, 1.54) is 11.8 Å². The molecular weight excluding hydrogens is 520 g/mol. The topological polar surface area (TPSA) is 121 Å². The van der Waals surface area contributed by atoms with E-state index in [4.69, 9.17) is 0 Å². The minimum atomic E-state index is -0.633. The van der Waals surface area contributed by atoms with Crippen LogP contribution in [0.15, 0.2) is 34.3 Å². The molecule has 1 unspecified atom stereocenters. The van der Waals surface area contributed by atoms with Gasteiger partial charge >= 0.3 is 5.69 Å². The van der Waals surface area contributed by atoms with Gasteiger partial charge in [0, 0.05) is 36.5 Å². The molecule has 38 heavy (non-hydrogen) atoms. The largest absolute Gasteiger partial charge is 0.501 e. The van der Waals surface area contributed by atoms with Crippen molar-refractivity contribution in [1.29, 1.82) is 0 Å². The van der Waals surface area contributed by atoms with Gasteiger partial charge in [-0.15, -0.1) is 0 Å². The Morgan fingerprint density at radius 1 is 1.24 bits per heavy atom. The van der Waals surface area contributed by atoms with Gasteiger partial charge in [-0.05, 0) is 55.9 Å². The molecule has 11 heteroatoms. The van der Waals surface area contributed by atoms with Gasteiger partial charge in [0.1, 0.15) is 10.7 Å². The molecule has 0 saturated heterocycles. The van der Waals surface area contributed by atoms with Gasteiger partial charge < -0.3 is 10.6 Å². The number of amides is 2. The SMILES string of the molecule is Cc1cc(CC(C)C)ncc1-[n+]1c(=O)[nH]c2c3c(nccc31)SC2C(=O)N[C@@H]1CCC[C@@H]1NC(=O)CCS. The third-order valence-corrected chi connectivity index (χ3v) is 8.55.